The molecule has 4 heteroatoms. The minimum Gasteiger partial charge on any atom is -0.391 e. The summed E-state index contributed by atoms with van der Waals surface area (Å²) in [6.07, 6.45) is 4.44. The van der Waals surface area contributed by atoms with Crippen molar-refractivity contribution in [3.8, 4) is 0 Å². The summed E-state index contributed by atoms with van der Waals surface area (Å²) in [7, 11) is 0. The topological polar surface area (TPSA) is 26.7 Å². The molecule has 0 amide bonds. The number of nitrogens with zero attached hydrogens (tertiary/aromatic N) is 2. The highest BCUT2D eigenvalue weighted by atomic mass is 35.5. The molecule has 1 aliphatic carbocycles. The average Bonchev–Trinajstić information content (AvgIpc) is 2.48. The van der Waals surface area contributed by atoms with Gasteiger partial charge >= 0.3 is 0 Å². The van der Waals surface area contributed by atoms with Gasteiger partial charge in [0.2, 0.25) is 0 Å². The third-order valence-electron chi connectivity index (χ3n) is 4.65. The summed E-state index contributed by atoms with van der Waals surface area (Å²) in [5.74, 6) is 0. The van der Waals surface area contributed by atoms with Crippen molar-refractivity contribution in [1.82, 2.24) is 4.90 Å². The first-order valence-corrected chi connectivity index (χ1v) is 8.04. The standard InChI is InChI=1S/C16H23ClN2O/c17-13-4-3-5-14(12-13)18-8-10-19(11-9-18)15-6-1-2-7-16(15)20/h3-5,12,15-16,20H,1-2,6-11H2/t15-,16-/m0/s1. The van der Waals surface area contributed by atoms with Crippen molar-refractivity contribution in [2.45, 2.75) is 37.8 Å². The van der Waals surface area contributed by atoms with E-state index in [1.165, 1.54) is 18.5 Å². The zero-order chi connectivity index (χ0) is 13.9. The van der Waals surface area contributed by atoms with Gasteiger partial charge in [0.25, 0.3) is 0 Å². The molecular weight excluding hydrogens is 272 g/mol. The van der Waals surface area contributed by atoms with Crippen molar-refractivity contribution in [1.29, 1.82) is 0 Å². The zero-order valence-corrected chi connectivity index (χ0v) is 12.6. The van der Waals surface area contributed by atoms with E-state index in [4.69, 9.17) is 11.6 Å². The molecule has 2 aliphatic rings. The summed E-state index contributed by atoms with van der Waals surface area (Å²) in [5.41, 5.74) is 1.21. The van der Waals surface area contributed by atoms with Gasteiger partial charge in [0, 0.05) is 42.9 Å². The van der Waals surface area contributed by atoms with Crippen LogP contribution in [0.15, 0.2) is 24.3 Å². The minimum absolute atomic E-state index is 0.124. The lowest BCUT2D eigenvalue weighted by Crippen LogP contribution is -2.54. The fourth-order valence-corrected chi connectivity index (χ4v) is 3.69. The van der Waals surface area contributed by atoms with E-state index in [0.717, 1.165) is 44.0 Å². The van der Waals surface area contributed by atoms with E-state index in [2.05, 4.69) is 15.9 Å². The first-order chi connectivity index (χ1) is 9.74. The van der Waals surface area contributed by atoms with E-state index < -0.39 is 0 Å². The van der Waals surface area contributed by atoms with Gasteiger partial charge in [0.05, 0.1) is 6.10 Å². The van der Waals surface area contributed by atoms with E-state index in [0.29, 0.717) is 6.04 Å². The minimum atomic E-state index is -0.124. The van der Waals surface area contributed by atoms with Gasteiger partial charge < -0.3 is 10.0 Å². The summed E-state index contributed by atoms with van der Waals surface area (Å²) in [6, 6.07) is 8.46. The van der Waals surface area contributed by atoms with Crippen LogP contribution in [0.4, 0.5) is 5.69 Å². The highest BCUT2D eigenvalue weighted by Crippen LogP contribution is 2.26. The number of hydrogen-bond acceptors (Lipinski definition) is 3. The largest absolute Gasteiger partial charge is 0.391 e. The van der Waals surface area contributed by atoms with Crippen molar-refractivity contribution >= 4 is 17.3 Å². The van der Waals surface area contributed by atoms with Crippen LogP contribution in [0.5, 0.6) is 0 Å². The molecule has 1 saturated heterocycles. The molecule has 0 aromatic heterocycles. The molecular formula is C16H23ClN2O. The van der Waals surface area contributed by atoms with Crippen LogP contribution < -0.4 is 4.90 Å². The number of piperazine rings is 1. The van der Waals surface area contributed by atoms with Crippen LogP contribution in [0, 0.1) is 0 Å². The summed E-state index contributed by atoms with van der Waals surface area (Å²) in [4.78, 5) is 4.86. The Morgan fingerprint density at radius 3 is 2.50 bits per heavy atom. The number of hydrogen-bond donors (Lipinski definition) is 1. The first-order valence-electron chi connectivity index (χ1n) is 7.67. The maximum atomic E-state index is 10.2. The highest BCUT2D eigenvalue weighted by Gasteiger charge is 2.30. The Bertz CT molecular complexity index is 446. The zero-order valence-electron chi connectivity index (χ0n) is 11.8. The van der Waals surface area contributed by atoms with Crippen LogP contribution in [0.1, 0.15) is 25.7 Å². The third-order valence-corrected chi connectivity index (χ3v) is 4.89. The first kappa shape index (κ1) is 14.2. The van der Waals surface area contributed by atoms with Crippen LogP contribution >= 0.6 is 11.6 Å². The second-order valence-corrected chi connectivity index (χ2v) is 6.36. The quantitative estimate of drug-likeness (QED) is 0.908. The van der Waals surface area contributed by atoms with Gasteiger partial charge in [-0.05, 0) is 31.0 Å². The predicted octanol–water partition coefficient (Wildman–Crippen LogP) is 2.77. The Kier molecular flexibility index (Phi) is 4.49. The van der Waals surface area contributed by atoms with E-state index in [1.807, 2.05) is 18.2 Å². The maximum absolute atomic E-state index is 10.2. The van der Waals surface area contributed by atoms with E-state index in [9.17, 15) is 5.11 Å². The number of rotatable bonds is 2. The molecule has 2 fully saturated rings. The number of halogens is 1. The van der Waals surface area contributed by atoms with Gasteiger partial charge in [0.15, 0.2) is 0 Å². The lowest BCUT2D eigenvalue weighted by Gasteiger charge is -2.43. The fourth-order valence-electron chi connectivity index (χ4n) is 3.50. The van der Waals surface area contributed by atoms with Gasteiger partial charge in [-0.25, -0.2) is 0 Å². The van der Waals surface area contributed by atoms with Crippen molar-refractivity contribution in [3.63, 3.8) is 0 Å². The second-order valence-electron chi connectivity index (χ2n) is 5.92. The maximum Gasteiger partial charge on any atom is 0.0695 e. The molecule has 3 rings (SSSR count). The predicted molar refractivity (Wildman–Crippen MR) is 83.5 cm³/mol. The average molecular weight is 295 g/mol. The van der Waals surface area contributed by atoms with Gasteiger partial charge in [0.1, 0.15) is 0 Å². The molecule has 1 aromatic carbocycles. The van der Waals surface area contributed by atoms with Crippen LogP contribution in [0.2, 0.25) is 5.02 Å². The van der Waals surface area contributed by atoms with Gasteiger partial charge in [-0.3, -0.25) is 4.90 Å². The van der Waals surface area contributed by atoms with Crippen LogP contribution in [0.3, 0.4) is 0 Å². The van der Waals surface area contributed by atoms with Crippen molar-refractivity contribution < 1.29 is 5.11 Å². The van der Waals surface area contributed by atoms with E-state index in [-0.39, 0.29) is 6.10 Å². The summed E-state index contributed by atoms with van der Waals surface area (Å²) >= 11 is 6.06. The van der Waals surface area contributed by atoms with Gasteiger partial charge in [-0.1, -0.05) is 30.5 Å². The molecule has 1 heterocycles. The third kappa shape index (κ3) is 3.11. The van der Waals surface area contributed by atoms with Crippen molar-refractivity contribution in [3.05, 3.63) is 29.3 Å². The van der Waals surface area contributed by atoms with E-state index >= 15 is 0 Å². The molecule has 1 N–H and O–H groups in total. The Morgan fingerprint density at radius 1 is 1.05 bits per heavy atom. The normalized spacial score (nSPS) is 28.6. The summed E-state index contributed by atoms with van der Waals surface area (Å²) < 4.78 is 0. The molecule has 0 unspecified atom stereocenters. The number of aliphatic hydroxyl groups is 1. The Labute approximate surface area is 126 Å². The Hall–Kier alpha value is -0.770. The highest BCUT2D eigenvalue weighted by molar-refractivity contribution is 6.30. The fraction of sp³-hybridized carbons (Fsp3) is 0.625. The van der Waals surface area contributed by atoms with E-state index in [1.54, 1.807) is 0 Å². The van der Waals surface area contributed by atoms with Crippen molar-refractivity contribution in [2.75, 3.05) is 31.1 Å². The lowest BCUT2D eigenvalue weighted by molar-refractivity contribution is 0.0173. The molecule has 2 atom stereocenters. The van der Waals surface area contributed by atoms with Crippen LogP contribution in [0.25, 0.3) is 0 Å². The summed E-state index contributed by atoms with van der Waals surface area (Å²) in [5, 5.41) is 11.0. The molecule has 110 valence electrons. The lowest BCUT2D eigenvalue weighted by atomic mass is 9.91. The molecule has 0 bridgehead atoms. The van der Waals surface area contributed by atoms with Crippen LogP contribution in [-0.2, 0) is 0 Å². The smallest absolute Gasteiger partial charge is 0.0695 e. The van der Waals surface area contributed by atoms with Crippen LogP contribution in [-0.4, -0.2) is 48.3 Å². The Morgan fingerprint density at radius 2 is 1.80 bits per heavy atom. The van der Waals surface area contributed by atoms with Gasteiger partial charge in [-0.2, -0.15) is 0 Å². The Balaban J connectivity index is 1.59. The molecule has 1 saturated carbocycles. The molecule has 0 radical (unpaired) electrons. The molecule has 3 nitrogen and oxygen atoms in total. The molecule has 1 aromatic rings. The number of aliphatic hydroxyl groups excluding tert-OH is 1. The number of anilines is 1. The molecule has 0 spiro atoms. The second kappa shape index (κ2) is 6.33. The van der Waals surface area contributed by atoms with Gasteiger partial charge in [-0.15, -0.1) is 0 Å². The SMILES string of the molecule is O[C@H]1CCCC[C@@H]1N1CCN(c2cccc(Cl)c2)CC1. The molecule has 20 heavy (non-hydrogen) atoms. The molecule has 1 aliphatic heterocycles. The summed E-state index contributed by atoms with van der Waals surface area (Å²) in [6.45, 7) is 4.11. The number of benzene rings is 1. The van der Waals surface area contributed by atoms with Crippen molar-refractivity contribution in [2.24, 2.45) is 0 Å². The monoisotopic (exact) mass is 294 g/mol.